The van der Waals surface area contributed by atoms with Gasteiger partial charge in [-0.3, -0.25) is 4.79 Å². The molecule has 3 N–H and O–H groups in total. The summed E-state index contributed by atoms with van der Waals surface area (Å²) >= 11 is 0. The van der Waals surface area contributed by atoms with Crippen LogP contribution in [0.2, 0.25) is 0 Å². The predicted octanol–water partition coefficient (Wildman–Crippen LogP) is 3.14. The number of guanidine groups is 1. The molecule has 1 fully saturated rings. The van der Waals surface area contributed by atoms with E-state index in [1.54, 1.807) is 0 Å². The summed E-state index contributed by atoms with van der Waals surface area (Å²) in [5, 5.41) is 9.80. The molecule has 1 aliphatic carbocycles. The van der Waals surface area contributed by atoms with Crippen molar-refractivity contribution in [2.45, 2.75) is 58.9 Å². The molecule has 1 saturated carbocycles. The van der Waals surface area contributed by atoms with Gasteiger partial charge in [0.2, 0.25) is 5.91 Å². The fourth-order valence-electron chi connectivity index (χ4n) is 2.74. The van der Waals surface area contributed by atoms with Gasteiger partial charge in [0.25, 0.3) is 0 Å². The number of nitrogens with zero attached hydrogens (tertiary/aromatic N) is 1. The minimum atomic E-state index is 0.227. The number of hydrogen-bond donors (Lipinski definition) is 3. The number of carbonyl (C=O) groups excluding carboxylic acids is 1. The molecule has 5 nitrogen and oxygen atoms in total. The maximum absolute atomic E-state index is 11.8. The van der Waals surface area contributed by atoms with Crippen LogP contribution < -0.4 is 16.0 Å². The second-order valence-electron chi connectivity index (χ2n) is 7.13. The zero-order chi connectivity index (χ0) is 18.6. The average Bonchev–Trinajstić information content (AvgIpc) is 2.58. The monoisotopic (exact) mass is 358 g/mol. The van der Waals surface area contributed by atoms with Crippen LogP contribution in [0.3, 0.4) is 0 Å². The van der Waals surface area contributed by atoms with Crippen LogP contribution in [0, 0.1) is 12.8 Å². The molecule has 0 atom stereocenters. The molecule has 1 aliphatic rings. The number of carbonyl (C=O) groups is 1. The number of aliphatic imine (C=N–C) groups is 1. The van der Waals surface area contributed by atoms with Gasteiger partial charge < -0.3 is 16.0 Å². The van der Waals surface area contributed by atoms with Crippen molar-refractivity contribution in [3.8, 4) is 0 Å². The van der Waals surface area contributed by atoms with Crippen molar-refractivity contribution in [2.24, 2.45) is 10.9 Å². The first-order valence-electron chi connectivity index (χ1n) is 10.0. The molecule has 0 spiro atoms. The fourth-order valence-corrected chi connectivity index (χ4v) is 2.74. The van der Waals surface area contributed by atoms with Gasteiger partial charge in [-0.2, -0.15) is 0 Å². The standard InChI is InChI=1S/C21H34N4O/c1-3-4-13-23-21(25-16-18-11-9-17(2)10-12-18)24-15-6-14-22-20(26)19-7-5-8-19/h9-12,19H,3-8,13-16H2,1-2H3,(H,22,26)(H2,23,24,25). The van der Waals surface area contributed by atoms with E-state index in [-0.39, 0.29) is 11.8 Å². The molecule has 0 radical (unpaired) electrons. The summed E-state index contributed by atoms with van der Waals surface area (Å²) in [6.45, 7) is 7.40. The highest BCUT2D eigenvalue weighted by molar-refractivity contribution is 5.80. The average molecular weight is 359 g/mol. The number of amides is 1. The molecule has 0 aromatic heterocycles. The van der Waals surface area contributed by atoms with Crippen molar-refractivity contribution in [3.05, 3.63) is 35.4 Å². The highest BCUT2D eigenvalue weighted by Gasteiger charge is 2.24. The fraction of sp³-hybridized carbons (Fsp3) is 0.619. The first kappa shape index (κ1) is 20.3. The quantitative estimate of drug-likeness (QED) is 0.342. The van der Waals surface area contributed by atoms with Crippen molar-refractivity contribution in [2.75, 3.05) is 19.6 Å². The maximum Gasteiger partial charge on any atom is 0.223 e. The van der Waals surface area contributed by atoms with Crippen LogP contribution in [0.25, 0.3) is 0 Å². The molecule has 0 aliphatic heterocycles. The lowest BCUT2D eigenvalue weighted by molar-refractivity contribution is -0.127. The predicted molar refractivity (Wildman–Crippen MR) is 108 cm³/mol. The molecule has 0 saturated heterocycles. The van der Waals surface area contributed by atoms with E-state index in [1.807, 2.05) is 0 Å². The van der Waals surface area contributed by atoms with E-state index < -0.39 is 0 Å². The maximum atomic E-state index is 11.8. The summed E-state index contributed by atoms with van der Waals surface area (Å²) in [6.07, 6.45) is 6.50. The minimum absolute atomic E-state index is 0.227. The molecule has 26 heavy (non-hydrogen) atoms. The van der Waals surface area contributed by atoms with E-state index >= 15 is 0 Å². The van der Waals surface area contributed by atoms with Gasteiger partial charge in [-0.1, -0.05) is 49.6 Å². The highest BCUT2D eigenvalue weighted by atomic mass is 16.1. The molecular formula is C21H34N4O. The molecule has 0 unspecified atom stereocenters. The Morgan fingerprint density at radius 2 is 1.69 bits per heavy atom. The van der Waals surface area contributed by atoms with Crippen molar-refractivity contribution in [1.82, 2.24) is 16.0 Å². The SMILES string of the molecule is CCCCNC(=NCc1ccc(C)cc1)NCCCNC(=O)C1CCC1. The number of hydrogen-bond acceptors (Lipinski definition) is 2. The Morgan fingerprint density at radius 1 is 1.04 bits per heavy atom. The van der Waals surface area contributed by atoms with Crippen molar-refractivity contribution < 1.29 is 4.79 Å². The van der Waals surface area contributed by atoms with E-state index in [0.29, 0.717) is 6.54 Å². The third-order valence-corrected chi connectivity index (χ3v) is 4.78. The molecule has 5 heteroatoms. The minimum Gasteiger partial charge on any atom is -0.356 e. The summed E-state index contributed by atoms with van der Waals surface area (Å²) in [4.78, 5) is 16.5. The Bertz CT molecular complexity index is 564. The Balaban J connectivity index is 1.71. The highest BCUT2D eigenvalue weighted by Crippen LogP contribution is 2.25. The molecule has 0 bridgehead atoms. The molecule has 1 aromatic rings. The van der Waals surface area contributed by atoms with E-state index in [0.717, 1.165) is 57.7 Å². The molecule has 2 rings (SSSR count). The zero-order valence-electron chi connectivity index (χ0n) is 16.3. The smallest absolute Gasteiger partial charge is 0.223 e. The molecular weight excluding hydrogens is 324 g/mol. The van der Waals surface area contributed by atoms with Crippen LogP contribution in [-0.2, 0) is 11.3 Å². The van der Waals surface area contributed by atoms with Crippen molar-refractivity contribution >= 4 is 11.9 Å². The summed E-state index contributed by atoms with van der Waals surface area (Å²) in [6, 6.07) is 8.48. The van der Waals surface area contributed by atoms with Crippen LogP contribution in [0.4, 0.5) is 0 Å². The van der Waals surface area contributed by atoms with Crippen LogP contribution in [-0.4, -0.2) is 31.5 Å². The second kappa shape index (κ2) is 11.6. The van der Waals surface area contributed by atoms with Gasteiger partial charge in [0.15, 0.2) is 5.96 Å². The van der Waals surface area contributed by atoms with Crippen molar-refractivity contribution in [3.63, 3.8) is 0 Å². The molecule has 1 aromatic carbocycles. The topological polar surface area (TPSA) is 65.5 Å². The Labute approximate surface area is 158 Å². The Hall–Kier alpha value is -2.04. The lowest BCUT2D eigenvalue weighted by Crippen LogP contribution is -2.40. The van der Waals surface area contributed by atoms with E-state index in [2.05, 4.69) is 59.1 Å². The summed E-state index contributed by atoms with van der Waals surface area (Å²) in [5.74, 6) is 1.35. The Kier molecular flexibility index (Phi) is 9.01. The lowest BCUT2D eigenvalue weighted by atomic mass is 9.85. The summed E-state index contributed by atoms with van der Waals surface area (Å²) in [5.41, 5.74) is 2.47. The van der Waals surface area contributed by atoms with Crippen LogP contribution >= 0.6 is 0 Å². The summed E-state index contributed by atoms with van der Waals surface area (Å²) in [7, 11) is 0. The molecule has 144 valence electrons. The van der Waals surface area contributed by atoms with Gasteiger partial charge in [-0.25, -0.2) is 4.99 Å². The van der Waals surface area contributed by atoms with Gasteiger partial charge in [-0.15, -0.1) is 0 Å². The first-order valence-corrected chi connectivity index (χ1v) is 10.0. The zero-order valence-corrected chi connectivity index (χ0v) is 16.3. The largest absolute Gasteiger partial charge is 0.356 e. The number of benzene rings is 1. The van der Waals surface area contributed by atoms with Gasteiger partial charge in [0, 0.05) is 25.6 Å². The van der Waals surface area contributed by atoms with Crippen LogP contribution in [0.15, 0.2) is 29.3 Å². The first-order chi connectivity index (χ1) is 12.7. The molecule has 1 amide bonds. The third kappa shape index (κ3) is 7.46. The number of rotatable bonds is 10. The van der Waals surface area contributed by atoms with E-state index in [9.17, 15) is 4.79 Å². The van der Waals surface area contributed by atoms with Crippen molar-refractivity contribution in [1.29, 1.82) is 0 Å². The second-order valence-corrected chi connectivity index (χ2v) is 7.13. The van der Waals surface area contributed by atoms with Gasteiger partial charge in [0.05, 0.1) is 6.54 Å². The number of nitrogens with one attached hydrogen (secondary N) is 3. The normalized spacial score (nSPS) is 14.6. The van der Waals surface area contributed by atoms with Gasteiger partial charge >= 0.3 is 0 Å². The Morgan fingerprint density at radius 3 is 2.31 bits per heavy atom. The van der Waals surface area contributed by atoms with E-state index in [4.69, 9.17) is 0 Å². The van der Waals surface area contributed by atoms with Crippen LogP contribution in [0.5, 0.6) is 0 Å². The molecule has 0 heterocycles. The van der Waals surface area contributed by atoms with Crippen LogP contribution in [0.1, 0.15) is 56.6 Å². The van der Waals surface area contributed by atoms with E-state index in [1.165, 1.54) is 17.5 Å². The number of unbranched alkanes of at least 4 members (excludes halogenated alkanes) is 1. The van der Waals surface area contributed by atoms with Gasteiger partial charge in [0.1, 0.15) is 0 Å². The third-order valence-electron chi connectivity index (χ3n) is 4.78. The summed E-state index contributed by atoms with van der Waals surface area (Å²) < 4.78 is 0. The van der Waals surface area contributed by atoms with Gasteiger partial charge in [-0.05, 0) is 38.2 Å². The number of aryl methyl sites for hydroxylation is 1. The lowest BCUT2D eigenvalue weighted by Gasteiger charge is -2.24.